The zero-order valence-corrected chi connectivity index (χ0v) is 11.1. The third-order valence-corrected chi connectivity index (χ3v) is 3.18. The molecule has 0 bridgehead atoms. The van der Waals surface area contributed by atoms with Gasteiger partial charge in [0.25, 0.3) is 0 Å². The second kappa shape index (κ2) is 5.95. The highest BCUT2D eigenvalue weighted by Gasteiger charge is 2.12. The average Bonchev–Trinajstić information content (AvgIpc) is 2.70. The molecule has 0 amide bonds. The zero-order chi connectivity index (χ0) is 13.8. The Bertz CT molecular complexity index is 534. The van der Waals surface area contributed by atoms with Crippen molar-refractivity contribution >= 4 is 0 Å². The first-order valence-electron chi connectivity index (χ1n) is 6.23. The maximum Gasteiger partial charge on any atom is 0.129 e. The van der Waals surface area contributed by atoms with E-state index in [4.69, 9.17) is 0 Å². The number of aliphatic hydroxyl groups is 1. The minimum atomic E-state index is -0.853. The van der Waals surface area contributed by atoms with Crippen molar-refractivity contribution in [3.8, 4) is 0 Å². The fourth-order valence-corrected chi connectivity index (χ4v) is 2.02. The second-order valence-electron chi connectivity index (χ2n) is 4.58. The average molecular weight is 263 g/mol. The molecule has 4 nitrogen and oxygen atoms in total. The quantitative estimate of drug-likeness (QED) is 0.773. The lowest BCUT2D eigenvalue weighted by Gasteiger charge is -2.13. The van der Waals surface area contributed by atoms with Crippen LogP contribution in [0.4, 0.5) is 4.39 Å². The molecule has 0 saturated carbocycles. The van der Waals surface area contributed by atoms with Gasteiger partial charge in [-0.15, -0.1) is 0 Å². The minimum absolute atomic E-state index is 0.297. The van der Waals surface area contributed by atoms with Gasteiger partial charge in [0.2, 0.25) is 0 Å². The summed E-state index contributed by atoms with van der Waals surface area (Å²) in [7, 11) is 0. The van der Waals surface area contributed by atoms with E-state index < -0.39 is 6.10 Å². The largest absolute Gasteiger partial charge is 0.387 e. The summed E-state index contributed by atoms with van der Waals surface area (Å²) in [6, 6.07) is 6.27. The van der Waals surface area contributed by atoms with Crippen LogP contribution in [0, 0.1) is 19.7 Å². The lowest BCUT2D eigenvalue weighted by molar-refractivity contribution is 0.169. The summed E-state index contributed by atoms with van der Waals surface area (Å²) in [4.78, 5) is 0. The predicted molar refractivity (Wildman–Crippen MR) is 71.1 cm³/mol. The lowest BCUT2D eigenvalue weighted by Crippen LogP contribution is -2.22. The number of hydrogen-bond acceptors (Lipinski definition) is 3. The van der Waals surface area contributed by atoms with E-state index >= 15 is 0 Å². The summed E-state index contributed by atoms with van der Waals surface area (Å²) in [6.45, 7) is 4.77. The van der Waals surface area contributed by atoms with Gasteiger partial charge in [-0.2, -0.15) is 5.10 Å². The van der Waals surface area contributed by atoms with Crippen molar-refractivity contribution in [3.63, 3.8) is 0 Å². The van der Waals surface area contributed by atoms with Crippen LogP contribution in [0.5, 0.6) is 0 Å². The first-order chi connectivity index (χ1) is 9.09. The SMILES string of the molecule is Cc1n[nH]c(C)c1CNCC(O)c1ccccc1F. The van der Waals surface area contributed by atoms with Gasteiger partial charge in [0, 0.05) is 29.9 Å². The predicted octanol–water partition coefficient (Wildman–Crippen LogP) is 1.99. The van der Waals surface area contributed by atoms with Crippen molar-refractivity contribution in [2.75, 3.05) is 6.54 Å². The van der Waals surface area contributed by atoms with Crippen molar-refractivity contribution in [1.82, 2.24) is 15.5 Å². The number of aromatic nitrogens is 2. The summed E-state index contributed by atoms with van der Waals surface area (Å²) >= 11 is 0. The Morgan fingerprint density at radius 3 is 2.74 bits per heavy atom. The number of aliphatic hydroxyl groups excluding tert-OH is 1. The number of aromatic amines is 1. The minimum Gasteiger partial charge on any atom is -0.387 e. The number of hydrogen-bond donors (Lipinski definition) is 3. The maximum atomic E-state index is 13.5. The summed E-state index contributed by atoms with van der Waals surface area (Å²) in [6.07, 6.45) is -0.853. The van der Waals surface area contributed by atoms with Crippen LogP contribution in [0.3, 0.4) is 0 Å². The fraction of sp³-hybridized carbons (Fsp3) is 0.357. The van der Waals surface area contributed by atoms with Gasteiger partial charge in [0.05, 0.1) is 11.8 Å². The Morgan fingerprint density at radius 1 is 1.37 bits per heavy atom. The highest BCUT2D eigenvalue weighted by Crippen LogP contribution is 2.16. The van der Waals surface area contributed by atoms with Gasteiger partial charge < -0.3 is 10.4 Å². The molecule has 1 atom stereocenters. The standard InChI is InChI=1S/C14H18FN3O/c1-9-12(10(2)18-17-9)7-16-8-14(19)11-5-3-4-6-13(11)15/h3-6,14,16,19H,7-8H2,1-2H3,(H,17,18). The van der Waals surface area contributed by atoms with Gasteiger partial charge in [-0.1, -0.05) is 18.2 Å². The Morgan fingerprint density at radius 2 is 2.11 bits per heavy atom. The van der Waals surface area contributed by atoms with E-state index in [0.29, 0.717) is 18.7 Å². The number of aryl methyl sites for hydroxylation is 2. The Labute approximate surface area is 111 Å². The van der Waals surface area contributed by atoms with E-state index in [1.165, 1.54) is 6.07 Å². The molecule has 1 heterocycles. The van der Waals surface area contributed by atoms with Crippen LogP contribution >= 0.6 is 0 Å². The van der Waals surface area contributed by atoms with Crippen molar-refractivity contribution in [2.24, 2.45) is 0 Å². The van der Waals surface area contributed by atoms with E-state index in [9.17, 15) is 9.50 Å². The van der Waals surface area contributed by atoms with E-state index in [0.717, 1.165) is 17.0 Å². The van der Waals surface area contributed by atoms with E-state index in [2.05, 4.69) is 15.5 Å². The van der Waals surface area contributed by atoms with Crippen molar-refractivity contribution < 1.29 is 9.50 Å². The molecule has 19 heavy (non-hydrogen) atoms. The second-order valence-corrected chi connectivity index (χ2v) is 4.58. The fourth-order valence-electron chi connectivity index (χ4n) is 2.02. The number of benzene rings is 1. The molecule has 0 saturated heterocycles. The number of nitrogens with zero attached hydrogens (tertiary/aromatic N) is 1. The third kappa shape index (κ3) is 3.19. The Kier molecular flexibility index (Phi) is 4.29. The van der Waals surface area contributed by atoms with Crippen LogP contribution in [-0.4, -0.2) is 21.8 Å². The van der Waals surface area contributed by atoms with Crippen LogP contribution in [0.2, 0.25) is 0 Å². The summed E-state index contributed by atoms with van der Waals surface area (Å²) < 4.78 is 13.5. The van der Waals surface area contributed by atoms with Gasteiger partial charge >= 0.3 is 0 Å². The highest BCUT2D eigenvalue weighted by molar-refractivity contribution is 5.23. The molecule has 1 aromatic carbocycles. The molecule has 5 heteroatoms. The van der Waals surface area contributed by atoms with Crippen LogP contribution < -0.4 is 5.32 Å². The van der Waals surface area contributed by atoms with Gasteiger partial charge in [-0.3, -0.25) is 5.10 Å². The summed E-state index contributed by atoms with van der Waals surface area (Å²) in [5.74, 6) is -0.382. The number of halogens is 1. The molecule has 0 radical (unpaired) electrons. The van der Waals surface area contributed by atoms with Crippen LogP contribution in [0.1, 0.15) is 28.6 Å². The summed E-state index contributed by atoms with van der Waals surface area (Å²) in [5, 5.41) is 20.1. The highest BCUT2D eigenvalue weighted by atomic mass is 19.1. The molecule has 2 rings (SSSR count). The summed E-state index contributed by atoms with van der Waals surface area (Å²) in [5.41, 5.74) is 3.34. The first kappa shape index (κ1) is 13.7. The molecular weight excluding hydrogens is 245 g/mol. The molecule has 0 fully saturated rings. The van der Waals surface area contributed by atoms with Crippen LogP contribution in [0.25, 0.3) is 0 Å². The molecule has 3 N–H and O–H groups in total. The topological polar surface area (TPSA) is 60.9 Å². The molecule has 0 aliphatic heterocycles. The van der Waals surface area contributed by atoms with Crippen LogP contribution in [0.15, 0.2) is 24.3 Å². The number of H-pyrrole nitrogens is 1. The van der Waals surface area contributed by atoms with Crippen molar-refractivity contribution in [1.29, 1.82) is 0 Å². The van der Waals surface area contributed by atoms with Gasteiger partial charge in [-0.05, 0) is 19.9 Å². The van der Waals surface area contributed by atoms with E-state index in [-0.39, 0.29) is 5.82 Å². The molecule has 1 aromatic heterocycles. The number of nitrogens with one attached hydrogen (secondary N) is 2. The Balaban J connectivity index is 1.91. The Hall–Kier alpha value is -1.72. The van der Waals surface area contributed by atoms with Crippen molar-refractivity contribution in [2.45, 2.75) is 26.5 Å². The van der Waals surface area contributed by atoms with Gasteiger partial charge in [0.15, 0.2) is 0 Å². The normalized spacial score (nSPS) is 12.6. The molecule has 0 aliphatic carbocycles. The molecule has 102 valence electrons. The van der Waals surface area contributed by atoms with Crippen LogP contribution in [-0.2, 0) is 6.54 Å². The molecular formula is C14H18FN3O. The monoisotopic (exact) mass is 263 g/mol. The smallest absolute Gasteiger partial charge is 0.129 e. The molecule has 1 unspecified atom stereocenters. The molecule has 0 aliphatic rings. The molecule has 2 aromatic rings. The molecule has 0 spiro atoms. The lowest BCUT2D eigenvalue weighted by atomic mass is 10.1. The van der Waals surface area contributed by atoms with E-state index in [1.807, 2.05) is 13.8 Å². The van der Waals surface area contributed by atoms with E-state index in [1.54, 1.807) is 18.2 Å². The number of rotatable bonds is 5. The first-order valence-corrected chi connectivity index (χ1v) is 6.23. The third-order valence-electron chi connectivity index (χ3n) is 3.18. The van der Waals surface area contributed by atoms with Gasteiger partial charge in [-0.25, -0.2) is 4.39 Å². The van der Waals surface area contributed by atoms with Crippen molar-refractivity contribution in [3.05, 3.63) is 52.6 Å². The van der Waals surface area contributed by atoms with Gasteiger partial charge in [0.1, 0.15) is 5.82 Å². The maximum absolute atomic E-state index is 13.5. The zero-order valence-electron chi connectivity index (χ0n) is 11.1.